The van der Waals surface area contributed by atoms with Gasteiger partial charge in [0.05, 0.1) is 5.58 Å². The standard InChI is InChI=1S/C19H14NO.C15H16N.Ir/c1-12-10-15-14-7-5-6-13(2)18(14)21-19(15)16(11-12)17-8-3-4-9-20-17;1-11(2)13-5-7-14(8-6-13)15-9-4-12(3)10-16-15;/h3-10H,1-2H3;4-7,9-11H,1-3H3;/q2*-1;. The molecule has 0 bridgehead atoms. The predicted octanol–water partition coefficient (Wildman–Crippen LogP) is 9.04. The molecule has 0 saturated heterocycles. The van der Waals surface area contributed by atoms with Gasteiger partial charge >= 0.3 is 0 Å². The zero-order chi connectivity index (χ0) is 25.9. The molecule has 3 nitrogen and oxygen atoms in total. The van der Waals surface area contributed by atoms with Crippen molar-refractivity contribution in [3.8, 4) is 22.5 Å². The molecule has 0 N–H and O–H groups in total. The molecule has 0 unspecified atom stereocenters. The molecule has 0 saturated carbocycles. The molecule has 0 aliphatic heterocycles. The number of para-hydroxylation sites is 1. The molecule has 38 heavy (non-hydrogen) atoms. The Morgan fingerprint density at radius 1 is 0.789 bits per heavy atom. The Bertz CT molecular complexity index is 1650. The molecule has 0 aliphatic carbocycles. The maximum atomic E-state index is 6.15. The molecule has 0 amide bonds. The fourth-order valence-corrected chi connectivity index (χ4v) is 4.39. The van der Waals surface area contributed by atoms with Crippen LogP contribution in [0.25, 0.3) is 44.5 Å². The number of aryl methyl sites for hydroxylation is 3. The van der Waals surface area contributed by atoms with Gasteiger partial charge in [-0.3, -0.25) is 0 Å². The zero-order valence-electron chi connectivity index (χ0n) is 22.3. The summed E-state index contributed by atoms with van der Waals surface area (Å²) in [4.78, 5) is 8.83. The number of furan rings is 1. The van der Waals surface area contributed by atoms with Crippen LogP contribution in [0.5, 0.6) is 0 Å². The van der Waals surface area contributed by atoms with Crippen molar-refractivity contribution < 1.29 is 24.5 Å². The van der Waals surface area contributed by atoms with Crippen molar-refractivity contribution in [3.63, 3.8) is 0 Å². The molecule has 193 valence electrons. The van der Waals surface area contributed by atoms with Crippen LogP contribution in [0.1, 0.15) is 42.0 Å². The summed E-state index contributed by atoms with van der Waals surface area (Å²) in [5, 5.41) is 2.28. The van der Waals surface area contributed by atoms with E-state index in [4.69, 9.17) is 4.42 Å². The SMILES string of the molecule is Cc1[c-]c(-c2ccccn2)c2oc3c(C)cccc3c2c1.Cc1ccc(-c2[c-]cc(C(C)C)cc2)nc1.[Ir]. The summed E-state index contributed by atoms with van der Waals surface area (Å²) in [6.07, 6.45) is 3.69. The second-order valence-corrected chi connectivity index (χ2v) is 9.75. The van der Waals surface area contributed by atoms with Crippen molar-refractivity contribution in [1.29, 1.82) is 0 Å². The average molecular weight is 675 g/mol. The van der Waals surface area contributed by atoms with E-state index in [9.17, 15) is 0 Å². The number of benzene rings is 3. The normalized spacial score (nSPS) is 10.8. The van der Waals surface area contributed by atoms with Gasteiger partial charge in [0.1, 0.15) is 5.58 Å². The second kappa shape index (κ2) is 11.9. The summed E-state index contributed by atoms with van der Waals surface area (Å²) >= 11 is 0. The van der Waals surface area contributed by atoms with Gasteiger partial charge in [-0.15, -0.1) is 53.1 Å². The Morgan fingerprint density at radius 3 is 2.29 bits per heavy atom. The van der Waals surface area contributed by atoms with E-state index in [1.165, 1.54) is 11.1 Å². The molecule has 3 aromatic carbocycles. The van der Waals surface area contributed by atoms with Crippen molar-refractivity contribution in [2.75, 3.05) is 0 Å². The summed E-state index contributed by atoms with van der Waals surface area (Å²) in [7, 11) is 0. The van der Waals surface area contributed by atoms with E-state index in [-0.39, 0.29) is 20.1 Å². The number of hydrogen-bond acceptors (Lipinski definition) is 3. The van der Waals surface area contributed by atoms with Gasteiger partial charge in [-0.25, -0.2) is 0 Å². The second-order valence-electron chi connectivity index (χ2n) is 9.75. The van der Waals surface area contributed by atoms with E-state index in [1.807, 2.05) is 37.4 Å². The third-order valence-corrected chi connectivity index (χ3v) is 6.47. The minimum Gasteiger partial charge on any atom is -0.500 e. The number of aromatic nitrogens is 2. The van der Waals surface area contributed by atoms with Crippen molar-refractivity contribution >= 4 is 21.9 Å². The molecule has 0 atom stereocenters. The third-order valence-electron chi connectivity index (χ3n) is 6.47. The van der Waals surface area contributed by atoms with Gasteiger partial charge < -0.3 is 14.4 Å². The molecule has 3 aromatic heterocycles. The Balaban J connectivity index is 0.000000179. The van der Waals surface area contributed by atoms with Crippen LogP contribution in [-0.2, 0) is 20.1 Å². The molecule has 4 heteroatoms. The number of hydrogen-bond donors (Lipinski definition) is 0. The van der Waals surface area contributed by atoms with Crippen LogP contribution < -0.4 is 0 Å². The first-order chi connectivity index (χ1) is 17.9. The molecule has 6 aromatic rings. The molecule has 0 spiro atoms. The summed E-state index contributed by atoms with van der Waals surface area (Å²) < 4.78 is 6.15. The molecular formula is C34H30IrN2O-2. The minimum absolute atomic E-state index is 0. The van der Waals surface area contributed by atoms with Crippen molar-refractivity contribution in [3.05, 3.63) is 120 Å². The van der Waals surface area contributed by atoms with E-state index < -0.39 is 0 Å². The van der Waals surface area contributed by atoms with Gasteiger partial charge in [0.15, 0.2) is 0 Å². The predicted molar refractivity (Wildman–Crippen MR) is 153 cm³/mol. The van der Waals surface area contributed by atoms with Gasteiger partial charge in [-0.2, -0.15) is 0 Å². The fourth-order valence-electron chi connectivity index (χ4n) is 4.39. The van der Waals surface area contributed by atoms with Crippen molar-refractivity contribution in [1.82, 2.24) is 9.97 Å². The van der Waals surface area contributed by atoms with E-state index in [2.05, 4.69) is 98.3 Å². The zero-order valence-corrected chi connectivity index (χ0v) is 24.7. The van der Waals surface area contributed by atoms with Gasteiger partial charge in [-0.1, -0.05) is 80.1 Å². The molecule has 0 fully saturated rings. The van der Waals surface area contributed by atoms with E-state index in [0.29, 0.717) is 5.92 Å². The topological polar surface area (TPSA) is 38.9 Å². The average Bonchev–Trinajstić information content (AvgIpc) is 3.29. The van der Waals surface area contributed by atoms with Crippen LogP contribution in [-0.4, -0.2) is 9.97 Å². The van der Waals surface area contributed by atoms with Crippen LogP contribution in [0, 0.1) is 32.9 Å². The van der Waals surface area contributed by atoms with Crippen molar-refractivity contribution in [2.24, 2.45) is 0 Å². The van der Waals surface area contributed by atoms with Crippen LogP contribution in [0.3, 0.4) is 0 Å². The Hall–Kier alpha value is -3.59. The van der Waals surface area contributed by atoms with Gasteiger partial charge in [0, 0.05) is 37.9 Å². The van der Waals surface area contributed by atoms with Crippen molar-refractivity contribution in [2.45, 2.75) is 40.5 Å². The van der Waals surface area contributed by atoms with Gasteiger partial charge in [0.2, 0.25) is 0 Å². The molecular weight excluding hydrogens is 645 g/mol. The largest absolute Gasteiger partial charge is 0.500 e. The third kappa shape index (κ3) is 5.77. The van der Waals surface area contributed by atoms with Crippen LogP contribution in [0.2, 0.25) is 0 Å². The molecule has 6 rings (SSSR count). The van der Waals surface area contributed by atoms with Gasteiger partial charge in [-0.05, 0) is 42.4 Å². The van der Waals surface area contributed by atoms with Crippen LogP contribution >= 0.6 is 0 Å². The maximum absolute atomic E-state index is 6.15. The fraction of sp³-hybridized carbons (Fsp3) is 0.176. The number of pyridine rings is 2. The first-order valence-corrected chi connectivity index (χ1v) is 12.6. The van der Waals surface area contributed by atoms with E-state index in [1.54, 1.807) is 6.20 Å². The Labute approximate surface area is 238 Å². The summed E-state index contributed by atoms with van der Waals surface area (Å²) in [5.41, 5.74) is 10.4. The summed E-state index contributed by atoms with van der Waals surface area (Å²) in [6.45, 7) is 10.5. The number of nitrogens with zero attached hydrogens (tertiary/aromatic N) is 2. The maximum Gasteiger partial charge on any atom is 0.123 e. The quantitative estimate of drug-likeness (QED) is 0.176. The van der Waals surface area contributed by atoms with Gasteiger partial charge in [0.25, 0.3) is 0 Å². The molecule has 0 aliphatic rings. The Morgan fingerprint density at radius 2 is 1.63 bits per heavy atom. The van der Waals surface area contributed by atoms with E-state index >= 15 is 0 Å². The molecule has 3 heterocycles. The van der Waals surface area contributed by atoms with Crippen LogP contribution in [0.4, 0.5) is 0 Å². The number of fused-ring (bicyclic) bond motifs is 3. The monoisotopic (exact) mass is 675 g/mol. The van der Waals surface area contributed by atoms with E-state index in [0.717, 1.165) is 55.6 Å². The summed E-state index contributed by atoms with van der Waals surface area (Å²) in [6, 6.07) is 31.4. The first-order valence-electron chi connectivity index (χ1n) is 12.6. The van der Waals surface area contributed by atoms with Crippen LogP contribution in [0.15, 0.2) is 89.6 Å². The Kier molecular flexibility index (Phi) is 8.56. The first kappa shape index (κ1) is 27.4. The minimum atomic E-state index is 0. The smallest absolute Gasteiger partial charge is 0.123 e. The molecule has 1 radical (unpaired) electrons. The number of rotatable bonds is 3. The summed E-state index contributed by atoms with van der Waals surface area (Å²) in [5.74, 6) is 0.552.